The number of likely N-dealkylation sites (N-methyl/N-ethyl adjacent to an activating group) is 1. The fourth-order valence-corrected chi connectivity index (χ4v) is 5.49. The van der Waals surface area contributed by atoms with E-state index in [0.717, 1.165) is 30.5 Å². The van der Waals surface area contributed by atoms with Gasteiger partial charge in [0.15, 0.2) is 0 Å². The fourth-order valence-electron chi connectivity index (χ4n) is 4.00. The number of hydrogen-bond donors (Lipinski definition) is 0. The van der Waals surface area contributed by atoms with Gasteiger partial charge in [-0.15, -0.1) is 0 Å². The van der Waals surface area contributed by atoms with Gasteiger partial charge in [0.05, 0.1) is 25.1 Å². The van der Waals surface area contributed by atoms with Gasteiger partial charge in [0.2, 0.25) is 0 Å². The highest BCUT2D eigenvalue weighted by Gasteiger charge is 2.48. The molecule has 2 aliphatic rings. The van der Waals surface area contributed by atoms with Crippen LogP contribution in [-0.4, -0.2) is 42.3 Å². The summed E-state index contributed by atoms with van der Waals surface area (Å²) in [5.41, 5.74) is 1.19. The Kier molecular flexibility index (Phi) is 5.44. The van der Waals surface area contributed by atoms with Crippen LogP contribution in [0.2, 0.25) is 0 Å². The third-order valence-electron chi connectivity index (χ3n) is 5.57. The maximum Gasteiger partial charge on any atom is 0.530 e. The Balaban J connectivity index is 1.44. The molecule has 4 rings (SSSR count). The second-order valence-corrected chi connectivity index (χ2v) is 9.49. The second kappa shape index (κ2) is 7.88. The van der Waals surface area contributed by atoms with Crippen molar-refractivity contribution in [2.24, 2.45) is 5.92 Å². The average Bonchev–Trinajstić information content (AvgIpc) is 2.68. The minimum atomic E-state index is -3.78. The first-order valence-corrected chi connectivity index (χ1v) is 11.0. The van der Waals surface area contributed by atoms with Gasteiger partial charge in [0.25, 0.3) is 5.69 Å². The first-order valence-electron chi connectivity index (χ1n) is 9.59. The largest absolute Gasteiger partial charge is 0.530 e. The molecule has 0 aromatic heterocycles. The number of piperidine rings is 1. The Morgan fingerprint density at radius 2 is 1.93 bits per heavy atom. The standard InChI is InChI=1S/C20H24N2O6P/c1-22(13-16-5-3-2-4-6-16)12-11-17-15-26-29(25,28-20(17)14-22)27-19-9-7-18(8-10-19)21(23)24/h2-10,17,20H,11-15H2,1H3/q+1/t17-,20+,22?,29?/m1/s1. The van der Waals surface area contributed by atoms with E-state index in [9.17, 15) is 14.7 Å². The molecule has 2 saturated heterocycles. The molecule has 154 valence electrons. The highest BCUT2D eigenvalue weighted by molar-refractivity contribution is 7.49. The Morgan fingerprint density at radius 3 is 2.62 bits per heavy atom. The molecular weight excluding hydrogens is 395 g/mol. The number of rotatable bonds is 5. The molecule has 2 heterocycles. The molecule has 0 saturated carbocycles. The Bertz CT molecular complexity index is 922. The molecular formula is C20H24N2O6P+. The molecule has 4 atom stereocenters. The van der Waals surface area contributed by atoms with Crippen molar-refractivity contribution in [1.82, 2.24) is 0 Å². The molecule has 0 amide bonds. The maximum atomic E-state index is 13.0. The van der Waals surface area contributed by atoms with E-state index in [1.54, 1.807) is 0 Å². The Labute approximate surface area is 169 Å². The zero-order valence-electron chi connectivity index (χ0n) is 16.2. The Morgan fingerprint density at radius 1 is 1.21 bits per heavy atom. The normalized spacial score (nSPS) is 31.6. The van der Waals surface area contributed by atoms with E-state index in [1.165, 1.54) is 29.8 Å². The summed E-state index contributed by atoms with van der Waals surface area (Å²) >= 11 is 0. The molecule has 8 nitrogen and oxygen atoms in total. The van der Waals surface area contributed by atoms with Gasteiger partial charge < -0.3 is 9.01 Å². The van der Waals surface area contributed by atoms with E-state index in [-0.39, 0.29) is 23.5 Å². The second-order valence-electron chi connectivity index (χ2n) is 7.95. The highest BCUT2D eigenvalue weighted by Crippen LogP contribution is 2.55. The molecule has 0 bridgehead atoms. The monoisotopic (exact) mass is 419 g/mol. The summed E-state index contributed by atoms with van der Waals surface area (Å²) in [6.07, 6.45) is 0.695. The highest BCUT2D eigenvalue weighted by atomic mass is 31.2. The molecule has 2 fully saturated rings. The number of nitrogens with zero attached hydrogens (tertiary/aromatic N) is 2. The van der Waals surface area contributed by atoms with E-state index in [0.29, 0.717) is 6.61 Å². The summed E-state index contributed by atoms with van der Waals surface area (Å²) in [6.45, 7) is 2.91. The number of phosphoric acid groups is 1. The molecule has 2 unspecified atom stereocenters. The summed E-state index contributed by atoms with van der Waals surface area (Å²) in [4.78, 5) is 10.3. The van der Waals surface area contributed by atoms with Gasteiger partial charge in [-0.05, 0) is 12.1 Å². The maximum absolute atomic E-state index is 13.0. The van der Waals surface area contributed by atoms with Crippen molar-refractivity contribution in [2.75, 3.05) is 26.7 Å². The minimum Gasteiger partial charge on any atom is -0.404 e. The minimum absolute atomic E-state index is 0.0672. The molecule has 0 N–H and O–H groups in total. The predicted octanol–water partition coefficient (Wildman–Crippen LogP) is 4.16. The number of non-ortho nitro benzene ring substituents is 1. The Hall–Kier alpha value is -2.25. The number of nitro benzene ring substituents is 1. The van der Waals surface area contributed by atoms with Crippen LogP contribution in [0.4, 0.5) is 5.69 Å². The molecule has 2 aromatic rings. The average molecular weight is 419 g/mol. The number of hydrogen-bond acceptors (Lipinski definition) is 6. The van der Waals surface area contributed by atoms with Crippen LogP contribution in [0, 0.1) is 16.0 Å². The van der Waals surface area contributed by atoms with Gasteiger partial charge in [-0.2, -0.15) is 0 Å². The summed E-state index contributed by atoms with van der Waals surface area (Å²) in [6, 6.07) is 15.7. The number of likely N-dealkylation sites (tertiary alicyclic amines) is 1. The smallest absolute Gasteiger partial charge is 0.404 e. The van der Waals surface area contributed by atoms with Gasteiger partial charge in [0.1, 0.15) is 24.9 Å². The fraction of sp³-hybridized carbons (Fsp3) is 0.400. The molecule has 0 aliphatic carbocycles. The van der Waals surface area contributed by atoms with Crippen LogP contribution in [0.5, 0.6) is 5.75 Å². The van der Waals surface area contributed by atoms with Crippen LogP contribution in [0.1, 0.15) is 12.0 Å². The lowest BCUT2D eigenvalue weighted by Gasteiger charge is -2.46. The van der Waals surface area contributed by atoms with Crippen molar-refractivity contribution in [1.29, 1.82) is 0 Å². The lowest BCUT2D eigenvalue weighted by molar-refractivity contribution is -0.931. The van der Waals surface area contributed by atoms with Crippen molar-refractivity contribution in [3.05, 3.63) is 70.3 Å². The molecule has 2 aromatic carbocycles. The quantitative estimate of drug-likeness (QED) is 0.313. The van der Waals surface area contributed by atoms with Crippen molar-refractivity contribution in [2.45, 2.75) is 19.1 Å². The molecule has 2 aliphatic heterocycles. The van der Waals surface area contributed by atoms with Crippen molar-refractivity contribution < 1.29 is 27.5 Å². The van der Waals surface area contributed by atoms with Gasteiger partial charge in [-0.3, -0.25) is 19.2 Å². The number of fused-ring (bicyclic) bond motifs is 1. The number of quaternary nitrogens is 1. The number of phosphoric ester groups is 1. The van der Waals surface area contributed by atoms with Crippen molar-refractivity contribution in [3.63, 3.8) is 0 Å². The summed E-state index contributed by atoms with van der Waals surface area (Å²) < 4.78 is 30.7. The topological polar surface area (TPSA) is 87.9 Å². The van der Waals surface area contributed by atoms with E-state index < -0.39 is 12.7 Å². The van der Waals surface area contributed by atoms with Gasteiger partial charge in [0, 0.05) is 30.0 Å². The van der Waals surface area contributed by atoms with E-state index in [4.69, 9.17) is 13.6 Å². The van der Waals surface area contributed by atoms with Crippen molar-refractivity contribution in [3.8, 4) is 5.75 Å². The van der Waals surface area contributed by atoms with Gasteiger partial charge in [-0.1, -0.05) is 30.3 Å². The van der Waals surface area contributed by atoms with Crippen LogP contribution >= 0.6 is 7.82 Å². The zero-order chi connectivity index (χ0) is 20.5. The summed E-state index contributed by atoms with van der Waals surface area (Å²) in [5.74, 6) is 0.397. The van der Waals surface area contributed by atoms with Gasteiger partial charge >= 0.3 is 7.82 Å². The van der Waals surface area contributed by atoms with E-state index in [1.807, 2.05) is 18.2 Å². The SMILES string of the molecule is C[N+]1(Cc2ccccc2)CC[C@@H]2COP(=O)(Oc3ccc([N+](=O)[O-])cc3)O[C@H]2C1. The third-order valence-corrected chi connectivity index (χ3v) is 7.00. The third kappa shape index (κ3) is 4.67. The van der Waals surface area contributed by atoms with E-state index in [2.05, 4.69) is 19.2 Å². The molecule has 0 spiro atoms. The lowest BCUT2D eigenvalue weighted by atomic mass is 9.92. The van der Waals surface area contributed by atoms with Crippen LogP contribution in [-0.2, 0) is 20.2 Å². The van der Waals surface area contributed by atoms with Crippen LogP contribution < -0.4 is 4.52 Å². The van der Waals surface area contributed by atoms with Crippen LogP contribution in [0.3, 0.4) is 0 Å². The zero-order valence-corrected chi connectivity index (χ0v) is 17.1. The number of nitro groups is 1. The molecule has 29 heavy (non-hydrogen) atoms. The van der Waals surface area contributed by atoms with Crippen LogP contribution in [0.15, 0.2) is 54.6 Å². The lowest BCUT2D eigenvalue weighted by Crippen LogP contribution is -2.57. The predicted molar refractivity (Wildman–Crippen MR) is 106 cm³/mol. The molecule has 9 heteroatoms. The summed E-state index contributed by atoms with van der Waals surface area (Å²) in [5, 5.41) is 10.8. The first kappa shape index (κ1) is 20.0. The van der Waals surface area contributed by atoms with Crippen LogP contribution in [0.25, 0.3) is 0 Å². The van der Waals surface area contributed by atoms with E-state index >= 15 is 0 Å². The van der Waals surface area contributed by atoms with Crippen molar-refractivity contribution >= 4 is 13.5 Å². The first-order chi connectivity index (χ1) is 13.8. The molecule has 0 radical (unpaired) electrons. The summed E-state index contributed by atoms with van der Waals surface area (Å²) in [7, 11) is -1.60. The van der Waals surface area contributed by atoms with Gasteiger partial charge in [-0.25, -0.2) is 4.57 Å². The number of benzene rings is 2.